The number of rotatable bonds is 3. The van der Waals surface area contributed by atoms with Gasteiger partial charge in [-0.3, -0.25) is 4.79 Å². The van der Waals surface area contributed by atoms with Crippen LogP contribution in [0.1, 0.15) is 38.5 Å². The smallest absolute Gasteiger partial charge is 0.225 e. The molecule has 1 saturated carbocycles. The maximum atomic E-state index is 12.0. The summed E-state index contributed by atoms with van der Waals surface area (Å²) in [7, 11) is 0. The van der Waals surface area contributed by atoms with Crippen molar-refractivity contribution in [2.45, 2.75) is 38.5 Å². The molecule has 1 atom stereocenters. The zero-order chi connectivity index (χ0) is 10.7. The molecule has 1 unspecified atom stereocenters. The van der Waals surface area contributed by atoms with Crippen molar-refractivity contribution in [3.05, 3.63) is 0 Å². The molecule has 3 nitrogen and oxygen atoms in total. The zero-order valence-electron chi connectivity index (χ0n) is 9.86. The summed E-state index contributed by atoms with van der Waals surface area (Å²) < 4.78 is 0. The topological polar surface area (TPSA) is 46.3 Å². The Kier molecular flexibility index (Phi) is 5.56. The van der Waals surface area contributed by atoms with Crippen molar-refractivity contribution in [1.29, 1.82) is 0 Å². The molecule has 1 saturated heterocycles. The van der Waals surface area contributed by atoms with Gasteiger partial charge in [-0.2, -0.15) is 0 Å². The van der Waals surface area contributed by atoms with E-state index in [-0.39, 0.29) is 12.4 Å². The summed E-state index contributed by atoms with van der Waals surface area (Å²) >= 11 is 0. The van der Waals surface area contributed by atoms with Gasteiger partial charge in [-0.05, 0) is 44.6 Å². The highest BCUT2D eigenvalue weighted by atomic mass is 35.5. The number of nitrogens with two attached hydrogens (primary N) is 1. The Morgan fingerprint density at radius 3 is 2.56 bits per heavy atom. The van der Waals surface area contributed by atoms with Crippen LogP contribution in [0.4, 0.5) is 0 Å². The molecule has 2 N–H and O–H groups in total. The van der Waals surface area contributed by atoms with E-state index in [1.165, 1.54) is 19.3 Å². The molecule has 94 valence electrons. The molecule has 0 aromatic carbocycles. The molecule has 1 aliphatic carbocycles. The third-order valence-electron chi connectivity index (χ3n) is 3.86. The van der Waals surface area contributed by atoms with Gasteiger partial charge in [0.2, 0.25) is 5.91 Å². The molecule has 4 heteroatoms. The Balaban J connectivity index is 0.00000128. The van der Waals surface area contributed by atoms with E-state index in [1.54, 1.807) is 0 Å². The van der Waals surface area contributed by atoms with Gasteiger partial charge in [-0.15, -0.1) is 12.4 Å². The number of hydrogen-bond acceptors (Lipinski definition) is 2. The van der Waals surface area contributed by atoms with E-state index in [0.717, 1.165) is 38.9 Å². The van der Waals surface area contributed by atoms with Crippen LogP contribution in [0.3, 0.4) is 0 Å². The van der Waals surface area contributed by atoms with Crippen LogP contribution >= 0.6 is 12.4 Å². The van der Waals surface area contributed by atoms with Gasteiger partial charge in [0.05, 0.1) is 0 Å². The van der Waals surface area contributed by atoms with Crippen LogP contribution in [0.5, 0.6) is 0 Å². The molecule has 16 heavy (non-hydrogen) atoms. The Hall–Kier alpha value is -0.280. The van der Waals surface area contributed by atoms with E-state index >= 15 is 0 Å². The predicted octanol–water partition coefficient (Wildman–Crippen LogP) is 1.80. The first-order chi connectivity index (χ1) is 7.31. The van der Waals surface area contributed by atoms with E-state index < -0.39 is 0 Å². The van der Waals surface area contributed by atoms with E-state index in [0.29, 0.717) is 17.7 Å². The normalized spacial score (nSPS) is 25.8. The van der Waals surface area contributed by atoms with E-state index in [9.17, 15) is 4.79 Å². The fourth-order valence-corrected chi connectivity index (χ4v) is 2.65. The summed E-state index contributed by atoms with van der Waals surface area (Å²) in [5, 5.41) is 0. The molecule has 0 aromatic rings. The minimum Gasteiger partial charge on any atom is -0.342 e. The lowest BCUT2D eigenvalue weighted by Gasteiger charge is -2.37. The highest BCUT2D eigenvalue weighted by molar-refractivity contribution is 5.85. The Morgan fingerprint density at radius 1 is 1.25 bits per heavy atom. The zero-order valence-corrected chi connectivity index (χ0v) is 10.7. The highest BCUT2D eigenvalue weighted by Gasteiger charge is 2.31. The van der Waals surface area contributed by atoms with Crippen LogP contribution < -0.4 is 5.73 Å². The van der Waals surface area contributed by atoms with Crippen molar-refractivity contribution >= 4 is 18.3 Å². The van der Waals surface area contributed by atoms with Crippen molar-refractivity contribution in [3.8, 4) is 0 Å². The number of nitrogens with zero attached hydrogens (tertiary/aromatic N) is 1. The molecular weight excluding hydrogens is 224 g/mol. The lowest BCUT2D eigenvalue weighted by atomic mass is 9.83. The molecule has 0 spiro atoms. The van der Waals surface area contributed by atoms with Crippen LogP contribution in [0.2, 0.25) is 0 Å². The summed E-state index contributed by atoms with van der Waals surface area (Å²) in [6, 6.07) is 0. The Bertz CT molecular complexity index is 229. The molecule has 1 aliphatic heterocycles. The predicted molar refractivity (Wildman–Crippen MR) is 67.6 cm³/mol. The van der Waals surface area contributed by atoms with Gasteiger partial charge in [-0.25, -0.2) is 0 Å². The van der Waals surface area contributed by atoms with Gasteiger partial charge >= 0.3 is 0 Å². The second-order valence-corrected chi connectivity index (χ2v) is 5.00. The number of carbonyl (C=O) groups is 1. The lowest BCUT2D eigenvalue weighted by Crippen LogP contribution is -2.44. The Morgan fingerprint density at radius 2 is 2.00 bits per heavy atom. The number of halogens is 1. The SMILES string of the molecule is Cl.NCCC1CCCN(C(=O)C2CCC2)C1. The number of likely N-dealkylation sites (tertiary alicyclic amines) is 1. The number of piperidine rings is 1. The minimum atomic E-state index is 0. The maximum absolute atomic E-state index is 12.0. The van der Waals surface area contributed by atoms with Crippen molar-refractivity contribution in [2.75, 3.05) is 19.6 Å². The van der Waals surface area contributed by atoms with Gasteiger partial charge in [0.1, 0.15) is 0 Å². The van der Waals surface area contributed by atoms with Crippen LogP contribution in [-0.4, -0.2) is 30.4 Å². The monoisotopic (exact) mass is 246 g/mol. The standard InChI is InChI=1S/C12H22N2O.ClH/c13-7-6-10-3-2-8-14(9-10)12(15)11-4-1-5-11;/h10-11H,1-9,13H2;1H. The van der Waals surface area contributed by atoms with Crippen molar-refractivity contribution in [3.63, 3.8) is 0 Å². The average Bonchev–Trinajstić information content (AvgIpc) is 2.16. The van der Waals surface area contributed by atoms with E-state index in [2.05, 4.69) is 4.90 Å². The first kappa shape index (κ1) is 13.8. The summed E-state index contributed by atoms with van der Waals surface area (Å²) in [5.74, 6) is 1.44. The quantitative estimate of drug-likeness (QED) is 0.826. The number of hydrogen-bond donors (Lipinski definition) is 1. The average molecular weight is 247 g/mol. The van der Waals surface area contributed by atoms with Gasteiger partial charge in [0, 0.05) is 19.0 Å². The number of amides is 1. The summed E-state index contributed by atoms with van der Waals surface area (Å²) in [4.78, 5) is 14.1. The third-order valence-corrected chi connectivity index (χ3v) is 3.86. The molecule has 0 bridgehead atoms. The molecule has 2 rings (SSSR count). The summed E-state index contributed by atoms with van der Waals surface area (Å²) in [5.41, 5.74) is 5.57. The second kappa shape index (κ2) is 6.45. The molecular formula is C12H23ClN2O. The molecule has 1 heterocycles. The van der Waals surface area contributed by atoms with Gasteiger partial charge in [-0.1, -0.05) is 6.42 Å². The lowest BCUT2D eigenvalue weighted by molar-refractivity contribution is -0.140. The first-order valence-electron chi connectivity index (χ1n) is 6.30. The maximum Gasteiger partial charge on any atom is 0.225 e. The minimum absolute atomic E-state index is 0. The van der Waals surface area contributed by atoms with Gasteiger partial charge < -0.3 is 10.6 Å². The van der Waals surface area contributed by atoms with Gasteiger partial charge in [0.15, 0.2) is 0 Å². The number of carbonyl (C=O) groups excluding carboxylic acids is 1. The summed E-state index contributed by atoms with van der Waals surface area (Å²) in [6.07, 6.45) is 6.99. The van der Waals surface area contributed by atoms with Crippen molar-refractivity contribution in [1.82, 2.24) is 4.90 Å². The molecule has 1 amide bonds. The molecule has 0 radical (unpaired) electrons. The van der Waals surface area contributed by atoms with Crippen LogP contribution in [-0.2, 0) is 4.79 Å². The Labute approximate surface area is 104 Å². The summed E-state index contributed by atoms with van der Waals surface area (Å²) in [6.45, 7) is 2.71. The largest absolute Gasteiger partial charge is 0.342 e. The molecule has 2 fully saturated rings. The fourth-order valence-electron chi connectivity index (χ4n) is 2.65. The molecule has 0 aromatic heterocycles. The van der Waals surface area contributed by atoms with Crippen LogP contribution in [0.25, 0.3) is 0 Å². The highest BCUT2D eigenvalue weighted by Crippen LogP contribution is 2.30. The van der Waals surface area contributed by atoms with Crippen LogP contribution in [0, 0.1) is 11.8 Å². The first-order valence-corrected chi connectivity index (χ1v) is 6.30. The van der Waals surface area contributed by atoms with E-state index in [1.807, 2.05) is 0 Å². The fraction of sp³-hybridized carbons (Fsp3) is 0.917. The van der Waals surface area contributed by atoms with Crippen molar-refractivity contribution < 1.29 is 4.79 Å². The second-order valence-electron chi connectivity index (χ2n) is 5.00. The van der Waals surface area contributed by atoms with Crippen LogP contribution in [0.15, 0.2) is 0 Å². The molecule has 2 aliphatic rings. The van der Waals surface area contributed by atoms with Gasteiger partial charge in [0.25, 0.3) is 0 Å². The van der Waals surface area contributed by atoms with Crippen molar-refractivity contribution in [2.24, 2.45) is 17.6 Å². The van der Waals surface area contributed by atoms with E-state index in [4.69, 9.17) is 5.73 Å². The third kappa shape index (κ3) is 3.11.